The molecule has 2 fully saturated rings. The highest BCUT2D eigenvalue weighted by Crippen LogP contribution is 2.34. The van der Waals surface area contributed by atoms with E-state index in [1.165, 1.54) is 52.1 Å². The lowest BCUT2D eigenvalue weighted by Crippen LogP contribution is -2.27. The summed E-state index contributed by atoms with van der Waals surface area (Å²) in [5.74, 6) is 0.846. The number of nitrogens with one attached hydrogen (secondary N) is 1. The first-order chi connectivity index (χ1) is 11.3. The molecule has 2 aromatic rings. The molecule has 0 bridgehead atoms. The molecule has 1 aliphatic carbocycles. The SMILES string of the molecule is Brc1ccccc1-c1ccc(CNCC2CCN(C3CC3)C2)s1. The van der Waals surface area contributed by atoms with E-state index < -0.39 is 0 Å². The number of benzene rings is 1. The maximum Gasteiger partial charge on any atom is 0.0357 e. The first kappa shape index (κ1) is 15.8. The molecule has 4 rings (SSSR count). The maximum atomic E-state index is 3.67. The standard InChI is InChI=1S/C19H23BrN2S/c20-18-4-2-1-3-17(18)19-8-7-16(23-19)12-21-11-14-9-10-22(13-14)15-5-6-15/h1-4,7-8,14-15,21H,5-6,9-13H2. The zero-order valence-electron chi connectivity index (χ0n) is 13.3. The van der Waals surface area contributed by atoms with Crippen molar-refractivity contribution in [3.8, 4) is 10.4 Å². The molecule has 1 N–H and O–H groups in total. The van der Waals surface area contributed by atoms with Crippen LogP contribution < -0.4 is 5.32 Å². The van der Waals surface area contributed by atoms with E-state index in [1.54, 1.807) is 0 Å². The van der Waals surface area contributed by atoms with Crippen molar-refractivity contribution in [1.29, 1.82) is 0 Å². The van der Waals surface area contributed by atoms with Gasteiger partial charge in [-0.3, -0.25) is 0 Å². The summed E-state index contributed by atoms with van der Waals surface area (Å²) >= 11 is 5.54. The summed E-state index contributed by atoms with van der Waals surface area (Å²) in [7, 11) is 0. The molecule has 1 aromatic heterocycles. The zero-order valence-corrected chi connectivity index (χ0v) is 15.7. The van der Waals surface area contributed by atoms with Gasteiger partial charge in [-0.05, 0) is 56.5 Å². The van der Waals surface area contributed by atoms with Crippen LogP contribution in [0, 0.1) is 5.92 Å². The van der Waals surface area contributed by atoms with Gasteiger partial charge < -0.3 is 10.2 Å². The Labute approximate surface area is 151 Å². The number of rotatable bonds is 6. The lowest BCUT2D eigenvalue weighted by Gasteiger charge is -2.14. The van der Waals surface area contributed by atoms with E-state index in [-0.39, 0.29) is 0 Å². The molecule has 122 valence electrons. The van der Waals surface area contributed by atoms with Crippen molar-refractivity contribution in [2.75, 3.05) is 19.6 Å². The van der Waals surface area contributed by atoms with Crippen LogP contribution in [0.25, 0.3) is 10.4 Å². The normalized spacial score (nSPS) is 21.9. The number of thiophene rings is 1. The molecule has 2 heterocycles. The second kappa shape index (κ2) is 7.06. The van der Waals surface area contributed by atoms with E-state index in [0.29, 0.717) is 0 Å². The highest BCUT2D eigenvalue weighted by Gasteiger charge is 2.33. The van der Waals surface area contributed by atoms with E-state index in [0.717, 1.165) is 25.0 Å². The summed E-state index contributed by atoms with van der Waals surface area (Å²) in [6.45, 7) is 4.78. The Balaban J connectivity index is 1.28. The molecule has 1 aromatic carbocycles. The van der Waals surface area contributed by atoms with Crippen molar-refractivity contribution >= 4 is 27.3 Å². The van der Waals surface area contributed by atoms with Crippen LogP contribution in [0.1, 0.15) is 24.1 Å². The molecule has 0 radical (unpaired) electrons. The summed E-state index contributed by atoms with van der Waals surface area (Å²) in [5.41, 5.74) is 1.29. The molecular formula is C19H23BrN2S. The molecule has 0 spiro atoms. The zero-order chi connectivity index (χ0) is 15.6. The molecule has 2 nitrogen and oxygen atoms in total. The molecule has 1 unspecified atom stereocenters. The average molecular weight is 391 g/mol. The minimum Gasteiger partial charge on any atom is -0.312 e. The molecule has 1 saturated carbocycles. The fourth-order valence-electron chi connectivity index (χ4n) is 3.48. The Morgan fingerprint density at radius 2 is 2.00 bits per heavy atom. The predicted molar refractivity (Wildman–Crippen MR) is 102 cm³/mol. The topological polar surface area (TPSA) is 15.3 Å². The van der Waals surface area contributed by atoms with Gasteiger partial charge in [0.25, 0.3) is 0 Å². The molecule has 2 aliphatic rings. The van der Waals surface area contributed by atoms with Crippen molar-refractivity contribution in [3.05, 3.63) is 45.7 Å². The summed E-state index contributed by atoms with van der Waals surface area (Å²) in [4.78, 5) is 5.46. The van der Waals surface area contributed by atoms with Gasteiger partial charge in [0.05, 0.1) is 0 Å². The van der Waals surface area contributed by atoms with Crippen molar-refractivity contribution in [2.24, 2.45) is 5.92 Å². The van der Waals surface area contributed by atoms with Crippen LogP contribution >= 0.6 is 27.3 Å². The van der Waals surface area contributed by atoms with Gasteiger partial charge in [0.2, 0.25) is 0 Å². The third-order valence-electron chi connectivity index (χ3n) is 4.91. The van der Waals surface area contributed by atoms with Gasteiger partial charge in [-0.15, -0.1) is 11.3 Å². The Hall–Kier alpha value is -0.680. The Morgan fingerprint density at radius 1 is 1.13 bits per heavy atom. The van der Waals surface area contributed by atoms with Gasteiger partial charge in [-0.1, -0.05) is 34.1 Å². The molecule has 23 heavy (non-hydrogen) atoms. The van der Waals surface area contributed by atoms with Crippen LogP contribution in [0.15, 0.2) is 40.9 Å². The number of nitrogens with zero attached hydrogens (tertiary/aromatic N) is 1. The summed E-state index contributed by atoms with van der Waals surface area (Å²) in [6, 6.07) is 13.9. The van der Waals surface area contributed by atoms with Crippen LogP contribution in [-0.4, -0.2) is 30.6 Å². The second-order valence-corrected chi connectivity index (χ2v) is 8.78. The van der Waals surface area contributed by atoms with E-state index in [2.05, 4.69) is 62.5 Å². The lowest BCUT2D eigenvalue weighted by atomic mass is 10.1. The van der Waals surface area contributed by atoms with Crippen LogP contribution in [0.3, 0.4) is 0 Å². The Kier molecular flexibility index (Phi) is 4.86. The molecular weight excluding hydrogens is 368 g/mol. The third-order valence-corrected chi connectivity index (χ3v) is 6.72. The largest absolute Gasteiger partial charge is 0.312 e. The summed E-state index contributed by atoms with van der Waals surface area (Å²) < 4.78 is 1.17. The van der Waals surface area contributed by atoms with Gasteiger partial charge in [-0.2, -0.15) is 0 Å². The molecule has 1 aliphatic heterocycles. The lowest BCUT2D eigenvalue weighted by molar-refractivity contribution is 0.312. The van der Waals surface area contributed by atoms with Crippen LogP contribution in [0.5, 0.6) is 0 Å². The number of likely N-dealkylation sites (tertiary alicyclic amines) is 1. The van der Waals surface area contributed by atoms with Crippen molar-refractivity contribution in [1.82, 2.24) is 10.2 Å². The first-order valence-electron chi connectivity index (χ1n) is 8.58. The quantitative estimate of drug-likeness (QED) is 0.765. The van der Waals surface area contributed by atoms with Crippen molar-refractivity contribution < 1.29 is 0 Å². The Morgan fingerprint density at radius 3 is 2.83 bits per heavy atom. The minimum absolute atomic E-state index is 0.846. The van der Waals surface area contributed by atoms with E-state index >= 15 is 0 Å². The number of halogens is 1. The van der Waals surface area contributed by atoms with Crippen LogP contribution in [0.2, 0.25) is 0 Å². The number of hydrogen-bond acceptors (Lipinski definition) is 3. The van der Waals surface area contributed by atoms with Gasteiger partial charge in [0.15, 0.2) is 0 Å². The summed E-state index contributed by atoms with van der Waals surface area (Å²) in [5, 5.41) is 3.67. The fourth-order valence-corrected chi connectivity index (χ4v) is 5.13. The second-order valence-electron chi connectivity index (χ2n) is 6.76. The molecule has 4 heteroatoms. The van der Waals surface area contributed by atoms with Gasteiger partial charge >= 0.3 is 0 Å². The molecule has 0 amide bonds. The van der Waals surface area contributed by atoms with Gasteiger partial charge in [0.1, 0.15) is 0 Å². The van der Waals surface area contributed by atoms with Gasteiger partial charge in [-0.25, -0.2) is 0 Å². The highest BCUT2D eigenvalue weighted by atomic mass is 79.9. The van der Waals surface area contributed by atoms with Crippen LogP contribution in [0.4, 0.5) is 0 Å². The summed E-state index contributed by atoms with van der Waals surface area (Å²) in [6.07, 6.45) is 4.25. The van der Waals surface area contributed by atoms with Crippen molar-refractivity contribution in [2.45, 2.75) is 31.8 Å². The third kappa shape index (κ3) is 3.87. The molecule has 1 atom stereocenters. The van der Waals surface area contributed by atoms with E-state index in [1.807, 2.05) is 11.3 Å². The predicted octanol–water partition coefficient (Wildman–Crippen LogP) is 4.75. The highest BCUT2D eigenvalue weighted by molar-refractivity contribution is 9.10. The van der Waals surface area contributed by atoms with Crippen molar-refractivity contribution in [3.63, 3.8) is 0 Å². The smallest absolute Gasteiger partial charge is 0.0357 e. The van der Waals surface area contributed by atoms with E-state index in [9.17, 15) is 0 Å². The first-order valence-corrected chi connectivity index (χ1v) is 10.2. The monoisotopic (exact) mass is 390 g/mol. The van der Waals surface area contributed by atoms with Crippen LogP contribution in [-0.2, 0) is 6.54 Å². The minimum atomic E-state index is 0.846. The maximum absolute atomic E-state index is 3.67. The fraction of sp³-hybridized carbons (Fsp3) is 0.474. The van der Waals surface area contributed by atoms with Gasteiger partial charge in [0, 0.05) is 38.9 Å². The van der Waals surface area contributed by atoms with E-state index in [4.69, 9.17) is 0 Å². The molecule has 1 saturated heterocycles. The average Bonchev–Trinajstić information content (AvgIpc) is 3.12. The Bertz CT molecular complexity index is 665. The number of hydrogen-bond donors (Lipinski definition) is 1.